The van der Waals surface area contributed by atoms with Crippen LogP contribution in [0.5, 0.6) is 11.5 Å². The number of hydrogen-bond donors (Lipinski definition) is 1. The molecule has 1 N–H and O–H groups in total. The Bertz CT molecular complexity index is 876. The molecule has 0 unspecified atom stereocenters. The van der Waals surface area contributed by atoms with Crippen LogP contribution in [0, 0.1) is 0 Å². The van der Waals surface area contributed by atoms with E-state index in [1.54, 1.807) is 13.3 Å². The summed E-state index contributed by atoms with van der Waals surface area (Å²) in [6, 6.07) is 15.8. The molecule has 26 heavy (non-hydrogen) atoms. The van der Waals surface area contributed by atoms with E-state index in [-0.39, 0.29) is 6.10 Å². The Labute approximate surface area is 157 Å². The summed E-state index contributed by atoms with van der Waals surface area (Å²) in [5, 5.41) is 7.02. The highest BCUT2D eigenvalue weighted by molar-refractivity contribution is 7.14. The zero-order chi connectivity index (χ0) is 18.4. The first-order valence-corrected chi connectivity index (χ1v) is 9.18. The zero-order valence-corrected chi connectivity index (χ0v) is 15.8. The summed E-state index contributed by atoms with van der Waals surface area (Å²) in [7, 11) is 1.63. The average molecular weight is 367 g/mol. The molecule has 1 aromatic heterocycles. The SMILES string of the molecule is COc1ccc(C=NNc2nc(-c3ccccc3)cs2)cc1OC(C)C. The molecule has 6 heteroatoms. The fourth-order valence-electron chi connectivity index (χ4n) is 2.35. The van der Waals surface area contributed by atoms with E-state index < -0.39 is 0 Å². The van der Waals surface area contributed by atoms with E-state index >= 15 is 0 Å². The summed E-state index contributed by atoms with van der Waals surface area (Å²) in [6.07, 6.45) is 1.80. The van der Waals surface area contributed by atoms with Crippen molar-refractivity contribution in [2.24, 2.45) is 5.10 Å². The quantitative estimate of drug-likeness (QED) is 0.469. The van der Waals surface area contributed by atoms with E-state index in [9.17, 15) is 0 Å². The number of rotatable bonds is 7. The lowest BCUT2D eigenvalue weighted by atomic mass is 10.2. The van der Waals surface area contributed by atoms with Crippen LogP contribution in [0.15, 0.2) is 59.0 Å². The second kappa shape index (κ2) is 8.49. The van der Waals surface area contributed by atoms with Gasteiger partial charge in [0.15, 0.2) is 11.5 Å². The van der Waals surface area contributed by atoms with Crippen molar-refractivity contribution < 1.29 is 9.47 Å². The van der Waals surface area contributed by atoms with Crippen molar-refractivity contribution in [2.45, 2.75) is 20.0 Å². The van der Waals surface area contributed by atoms with Crippen LogP contribution in [0.1, 0.15) is 19.4 Å². The Morgan fingerprint density at radius 2 is 1.92 bits per heavy atom. The lowest BCUT2D eigenvalue weighted by Gasteiger charge is -2.13. The molecule has 3 aromatic rings. The molecular formula is C20H21N3O2S. The number of nitrogens with one attached hydrogen (secondary N) is 1. The molecule has 2 aromatic carbocycles. The first-order chi connectivity index (χ1) is 12.7. The van der Waals surface area contributed by atoms with Crippen molar-refractivity contribution in [1.82, 2.24) is 4.98 Å². The number of hydrazone groups is 1. The molecular weight excluding hydrogens is 346 g/mol. The van der Waals surface area contributed by atoms with Crippen LogP contribution in [0.2, 0.25) is 0 Å². The Hall–Kier alpha value is -2.86. The summed E-state index contributed by atoms with van der Waals surface area (Å²) in [4.78, 5) is 4.54. The van der Waals surface area contributed by atoms with Crippen LogP contribution in [0.3, 0.4) is 0 Å². The second-order valence-corrected chi connectivity index (χ2v) is 6.71. The van der Waals surface area contributed by atoms with Gasteiger partial charge in [0.1, 0.15) is 0 Å². The van der Waals surface area contributed by atoms with Gasteiger partial charge in [-0.3, -0.25) is 5.43 Å². The molecule has 5 nitrogen and oxygen atoms in total. The van der Waals surface area contributed by atoms with Crippen LogP contribution >= 0.6 is 11.3 Å². The van der Waals surface area contributed by atoms with Gasteiger partial charge in [0.05, 0.1) is 25.1 Å². The van der Waals surface area contributed by atoms with E-state index in [2.05, 4.69) is 15.5 Å². The van der Waals surface area contributed by atoms with Gasteiger partial charge in [-0.1, -0.05) is 30.3 Å². The minimum atomic E-state index is 0.0703. The molecule has 0 saturated heterocycles. The minimum Gasteiger partial charge on any atom is -0.493 e. The van der Waals surface area contributed by atoms with E-state index in [0.717, 1.165) is 22.0 Å². The van der Waals surface area contributed by atoms with Gasteiger partial charge in [0.2, 0.25) is 5.13 Å². The van der Waals surface area contributed by atoms with Gasteiger partial charge in [0, 0.05) is 10.9 Å². The highest BCUT2D eigenvalue weighted by Gasteiger charge is 2.07. The fraction of sp³-hybridized carbons (Fsp3) is 0.200. The Morgan fingerprint density at radius 1 is 1.12 bits per heavy atom. The monoisotopic (exact) mass is 367 g/mol. The molecule has 0 aliphatic carbocycles. The largest absolute Gasteiger partial charge is 0.493 e. The lowest BCUT2D eigenvalue weighted by molar-refractivity contribution is 0.230. The molecule has 0 amide bonds. The van der Waals surface area contributed by atoms with Crippen LogP contribution in [0.4, 0.5) is 5.13 Å². The number of benzene rings is 2. The molecule has 0 spiro atoms. The number of aromatic nitrogens is 1. The average Bonchev–Trinajstić information content (AvgIpc) is 3.11. The summed E-state index contributed by atoms with van der Waals surface area (Å²) in [6.45, 7) is 3.96. The standard InChI is InChI=1S/C20H21N3O2S/c1-14(2)25-19-11-15(9-10-18(19)24-3)12-21-23-20-22-17(13-26-20)16-7-5-4-6-8-16/h4-14H,1-3H3,(H,22,23). The van der Waals surface area contributed by atoms with E-state index in [1.165, 1.54) is 11.3 Å². The molecule has 0 radical (unpaired) electrons. The Balaban J connectivity index is 1.68. The van der Waals surface area contributed by atoms with Gasteiger partial charge in [-0.05, 0) is 37.6 Å². The molecule has 0 aliphatic rings. The topological polar surface area (TPSA) is 55.7 Å². The lowest BCUT2D eigenvalue weighted by Crippen LogP contribution is -2.07. The third kappa shape index (κ3) is 4.61. The molecule has 3 rings (SSSR count). The van der Waals surface area contributed by atoms with Crippen molar-refractivity contribution in [2.75, 3.05) is 12.5 Å². The van der Waals surface area contributed by atoms with Crippen molar-refractivity contribution in [3.8, 4) is 22.8 Å². The number of thiazole rings is 1. The van der Waals surface area contributed by atoms with Crippen LogP contribution < -0.4 is 14.9 Å². The fourth-order valence-corrected chi connectivity index (χ4v) is 3.02. The van der Waals surface area contributed by atoms with Crippen molar-refractivity contribution in [3.05, 3.63) is 59.5 Å². The summed E-state index contributed by atoms with van der Waals surface area (Å²) in [5.41, 5.74) is 5.91. The van der Waals surface area contributed by atoms with Crippen molar-refractivity contribution in [3.63, 3.8) is 0 Å². The maximum absolute atomic E-state index is 5.78. The number of hydrogen-bond acceptors (Lipinski definition) is 6. The maximum atomic E-state index is 5.78. The van der Waals surface area contributed by atoms with Gasteiger partial charge in [-0.15, -0.1) is 11.3 Å². The first kappa shape index (κ1) is 17.9. The molecule has 1 heterocycles. The molecule has 0 atom stereocenters. The predicted molar refractivity (Wildman–Crippen MR) is 108 cm³/mol. The van der Waals surface area contributed by atoms with Gasteiger partial charge in [-0.2, -0.15) is 5.10 Å². The number of ether oxygens (including phenoxy) is 2. The van der Waals surface area contributed by atoms with Gasteiger partial charge in [0.25, 0.3) is 0 Å². The summed E-state index contributed by atoms with van der Waals surface area (Å²) >= 11 is 1.52. The number of methoxy groups -OCH3 is 1. The van der Waals surface area contributed by atoms with E-state index in [4.69, 9.17) is 9.47 Å². The zero-order valence-electron chi connectivity index (χ0n) is 15.0. The molecule has 0 fully saturated rings. The molecule has 0 bridgehead atoms. The van der Waals surface area contributed by atoms with Crippen LogP contribution in [-0.2, 0) is 0 Å². The normalized spacial score (nSPS) is 11.1. The Morgan fingerprint density at radius 3 is 2.65 bits per heavy atom. The second-order valence-electron chi connectivity index (χ2n) is 5.85. The number of nitrogens with zero attached hydrogens (tertiary/aromatic N) is 2. The summed E-state index contributed by atoms with van der Waals surface area (Å²) in [5.74, 6) is 1.41. The van der Waals surface area contributed by atoms with Gasteiger partial charge >= 0.3 is 0 Å². The highest BCUT2D eigenvalue weighted by Crippen LogP contribution is 2.28. The van der Waals surface area contributed by atoms with Gasteiger partial charge in [-0.25, -0.2) is 4.98 Å². The van der Waals surface area contributed by atoms with Crippen LogP contribution in [0.25, 0.3) is 11.3 Å². The molecule has 0 saturated carbocycles. The van der Waals surface area contributed by atoms with E-state index in [0.29, 0.717) is 11.5 Å². The summed E-state index contributed by atoms with van der Waals surface area (Å²) < 4.78 is 11.1. The first-order valence-electron chi connectivity index (χ1n) is 8.30. The van der Waals surface area contributed by atoms with Crippen molar-refractivity contribution in [1.29, 1.82) is 0 Å². The third-order valence-electron chi connectivity index (χ3n) is 3.50. The van der Waals surface area contributed by atoms with Crippen molar-refractivity contribution >= 4 is 22.7 Å². The predicted octanol–water partition coefficient (Wildman–Crippen LogP) is 5.05. The molecule has 0 aliphatic heterocycles. The maximum Gasteiger partial charge on any atom is 0.203 e. The third-order valence-corrected chi connectivity index (χ3v) is 4.24. The smallest absolute Gasteiger partial charge is 0.203 e. The van der Waals surface area contributed by atoms with Gasteiger partial charge < -0.3 is 9.47 Å². The highest BCUT2D eigenvalue weighted by atomic mass is 32.1. The molecule has 134 valence electrons. The minimum absolute atomic E-state index is 0.0703. The van der Waals surface area contributed by atoms with Crippen LogP contribution in [-0.4, -0.2) is 24.4 Å². The number of anilines is 1. The van der Waals surface area contributed by atoms with E-state index in [1.807, 2.05) is 67.8 Å². The Kier molecular flexibility index (Phi) is 5.86.